The van der Waals surface area contributed by atoms with Crippen LogP contribution in [0.1, 0.15) is 23.9 Å². The average molecular weight is 406 g/mol. The zero-order chi connectivity index (χ0) is 20.7. The van der Waals surface area contributed by atoms with Crippen LogP contribution in [-0.4, -0.2) is 52.6 Å². The molecule has 3 heterocycles. The van der Waals surface area contributed by atoms with Crippen molar-refractivity contribution < 1.29 is 13.6 Å². The van der Waals surface area contributed by atoms with Crippen LogP contribution in [0.15, 0.2) is 59.0 Å². The maximum absolute atomic E-state index is 13.1. The Morgan fingerprint density at radius 1 is 1.10 bits per heavy atom. The van der Waals surface area contributed by atoms with Crippen molar-refractivity contribution in [2.24, 2.45) is 5.41 Å². The van der Waals surface area contributed by atoms with E-state index in [2.05, 4.69) is 22.1 Å². The molecule has 0 saturated carbocycles. The highest BCUT2D eigenvalue weighted by atomic mass is 19.1. The lowest BCUT2D eigenvalue weighted by atomic mass is 9.77. The first-order valence-corrected chi connectivity index (χ1v) is 10.1. The number of hydrogen-bond acceptors (Lipinski definition) is 5. The number of amides is 1. The number of rotatable bonds is 4. The molecule has 2 aliphatic heterocycles. The third-order valence-electron chi connectivity index (χ3n) is 6.16. The standard InChI is InChI=1S/C23H23FN4O2/c1-27-13-23(14-28(15-23)20(29)11-16-7-9-18(24)10-8-16)12-19(27)22-26-25-21(30-22)17-5-3-2-4-6-17/h2-10,19H,11-15H2,1H3. The van der Waals surface area contributed by atoms with E-state index in [-0.39, 0.29) is 23.2 Å². The van der Waals surface area contributed by atoms with E-state index in [1.54, 1.807) is 12.1 Å². The first kappa shape index (κ1) is 18.9. The number of hydrogen-bond donors (Lipinski definition) is 0. The van der Waals surface area contributed by atoms with Gasteiger partial charge in [-0.1, -0.05) is 30.3 Å². The number of aromatic nitrogens is 2. The van der Waals surface area contributed by atoms with E-state index in [0.717, 1.165) is 37.2 Å². The molecule has 1 amide bonds. The Balaban J connectivity index is 1.22. The zero-order valence-electron chi connectivity index (χ0n) is 16.8. The van der Waals surface area contributed by atoms with Gasteiger partial charge in [-0.15, -0.1) is 10.2 Å². The molecule has 6 nitrogen and oxygen atoms in total. The molecular weight excluding hydrogens is 383 g/mol. The fourth-order valence-corrected chi connectivity index (χ4v) is 4.67. The summed E-state index contributed by atoms with van der Waals surface area (Å²) in [6, 6.07) is 15.9. The number of carbonyl (C=O) groups is 1. The lowest BCUT2D eigenvalue weighted by molar-refractivity contribution is -0.141. The Kier molecular flexibility index (Phi) is 4.62. The second kappa shape index (κ2) is 7.32. The molecule has 0 bridgehead atoms. The molecule has 7 heteroatoms. The highest BCUT2D eigenvalue weighted by Gasteiger charge is 2.53. The third kappa shape index (κ3) is 3.50. The highest BCUT2D eigenvalue weighted by molar-refractivity contribution is 5.79. The second-order valence-corrected chi connectivity index (χ2v) is 8.50. The quantitative estimate of drug-likeness (QED) is 0.665. The van der Waals surface area contributed by atoms with Gasteiger partial charge in [-0.25, -0.2) is 4.39 Å². The number of benzene rings is 2. The molecule has 3 aromatic rings. The number of nitrogens with zero attached hydrogens (tertiary/aromatic N) is 4. The Bertz CT molecular complexity index is 1040. The lowest BCUT2D eigenvalue weighted by Crippen LogP contribution is -2.59. The van der Waals surface area contributed by atoms with Crippen LogP contribution in [0.3, 0.4) is 0 Å². The molecule has 2 fully saturated rings. The number of likely N-dealkylation sites (tertiary alicyclic amines) is 2. The summed E-state index contributed by atoms with van der Waals surface area (Å²) in [5, 5.41) is 8.52. The zero-order valence-corrected chi connectivity index (χ0v) is 16.8. The van der Waals surface area contributed by atoms with Crippen molar-refractivity contribution in [2.75, 3.05) is 26.7 Å². The summed E-state index contributed by atoms with van der Waals surface area (Å²) in [6.45, 7) is 2.35. The largest absolute Gasteiger partial charge is 0.419 e. The van der Waals surface area contributed by atoms with Gasteiger partial charge in [-0.2, -0.15) is 0 Å². The van der Waals surface area contributed by atoms with E-state index in [4.69, 9.17) is 4.42 Å². The smallest absolute Gasteiger partial charge is 0.247 e. The van der Waals surface area contributed by atoms with E-state index in [1.165, 1.54) is 12.1 Å². The molecular formula is C23H23FN4O2. The van der Waals surface area contributed by atoms with Gasteiger partial charge in [0.1, 0.15) is 5.82 Å². The van der Waals surface area contributed by atoms with Crippen molar-refractivity contribution in [3.05, 3.63) is 71.9 Å². The summed E-state index contributed by atoms with van der Waals surface area (Å²) in [7, 11) is 2.06. The van der Waals surface area contributed by atoms with E-state index < -0.39 is 0 Å². The van der Waals surface area contributed by atoms with Crippen molar-refractivity contribution in [3.8, 4) is 11.5 Å². The molecule has 2 aliphatic rings. The summed E-state index contributed by atoms with van der Waals surface area (Å²) >= 11 is 0. The molecule has 0 aliphatic carbocycles. The normalized spacial score (nSPS) is 20.5. The summed E-state index contributed by atoms with van der Waals surface area (Å²) in [5.41, 5.74) is 1.81. The van der Waals surface area contributed by atoms with Gasteiger partial charge in [-0.05, 0) is 43.3 Å². The van der Waals surface area contributed by atoms with Crippen LogP contribution in [0, 0.1) is 11.2 Å². The SMILES string of the molecule is CN1CC2(CC1c1nnc(-c3ccccc3)o1)CN(C(=O)Cc1ccc(F)cc1)C2. The second-order valence-electron chi connectivity index (χ2n) is 8.50. The predicted molar refractivity (Wildman–Crippen MR) is 109 cm³/mol. The van der Waals surface area contributed by atoms with Crippen LogP contribution in [0.5, 0.6) is 0 Å². The first-order valence-electron chi connectivity index (χ1n) is 10.1. The minimum Gasteiger partial charge on any atom is -0.419 e. The Morgan fingerprint density at radius 2 is 1.83 bits per heavy atom. The summed E-state index contributed by atoms with van der Waals surface area (Å²) in [4.78, 5) is 16.7. The molecule has 1 aromatic heterocycles. The van der Waals surface area contributed by atoms with E-state index in [9.17, 15) is 9.18 Å². The van der Waals surface area contributed by atoms with Gasteiger partial charge in [0.2, 0.25) is 17.7 Å². The van der Waals surface area contributed by atoms with Crippen LogP contribution >= 0.6 is 0 Å². The Morgan fingerprint density at radius 3 is 2.57 bits per heavy atom. The average Bonchev–Trinajstić information content (AvgIpc) is 3.34. The fraction of sp³-hybridized carbons (Fsp3) is 0.348. The van der Waals surface area contributed by atoms with Gasteiger partial charge < -0.3 is 9.32 Å². The molecule has 1 spiro atoms. The number of halogens is 1. The van der Waals surface area contributed by atoms with Crippen molar-refractivity contribution in [1.29, 1.82) is 0 Å². The molecule has 2 saturated heterocycles. The molecule has 0 N–H and O–H groups in total. The Labute approximate surface area is 174 Å². The molecule has 1 atom stereocenters. The van der Waals surface area contributed by atoms with Gasteiger partial charge in [0.25, 0.3) is 0 Å². The van der Waals surface area contributed by atoms with Crippen molar-refractivity contribution in [2.45, 2.75) is 18.9 Å². The molecule has 1 unspecified atom stereocenters. The molecule has 2 aromatic carbocycles. The molecule has 30 heavy (non-hydrogen) atoms. The van der Waals surface area contributed by atoms with Gasteiger partial charge in [-0.3, -0.25) is 9.69 Å². The fourth-order valence-electron chi connectivity index (χ4n) is 4.67. The minimum absolute atomic E-state index is 0.0595. The summed E-state index contributed by atoms with van der Waals surface area (Å²) in [5.74, 6) is 0.960. The molecule has 0 radical (unpaired) electrons. The number of carbonyl (C=O) groups excluding carboxylic acids is 1. The lowest BCUT2D eigenvalue weighted by Gasteiger charge is -2.48. The highest BCUT2D eigenvalue weighted by Crippen LogP contribution is 2.47. The summed E-state index contributed by atoms with van der Waals surface area (Å²) < 4.78 is 19.0. The van der Waals surface area contributed by atoms with E-state index in [1.807, 2.05) is 35.2 Å². The maximum atomic E-state index is 13.1. The van der Waals surface area contributed by atoms with Crippen LogP contribution in [0.4, 0.5) is 4.39 Å². The van der Waals surface area contributed by atoms with Crippen LogP contribution in [0.2, 0.25) is 0 Å². The summed E-state index contributed by atoms with van der Waals surface area (Å²) in [6.07, 6.45) is 1.19. The monoisotopic (exact) mass is 406 g/mol. The van der Waals surface area contributed by atoms with Gasteiger partial charge in [0.05, 0.1) is 12.5 Å². The van der Waals surface area contributed by atoms with E-state index >= 15 is 0 Å². The van der Waals surface area contributed by atoms with Crippen molar-refractivity contribution >= 4 is 5.91 Å². The van der Waals surface area contributed by atoms with Crippen LogP contribution in [0.25, 0.3) is 11.5 Å². The first-order chi connectivity index (χ1) is 14.5. The van der Waals surface area contributed by atoms with Crippen LogP contribution < -0.4 is 0 Å². The predicted octanol–water partition coefficient (Wildman–Crippen LogP) is 3.32. The van der Waals surface area contributed by atoms with Crippen LogP contribution in [-0.2, 0) is 11.2 Å². The molecule has 154 valence electrons. The maximum Gasteiger partial charge on any atom is 0.247 e. The molecule has 5 rings (SSSR count). The van der Waals surface area contributed by atoms with Gasteiger partial charge in [0, 0.05) is 30.6 Å². The minimum atomic E-state index is -0.286. The van der Waals surface area contributed by atoms with E-state index in [0.29, 0.717) is 18.2 Å². The third-order valence-corrected chi connectivity index (χ3v) is 6.16. The van der Waals surface area contributed by atoms with Crippen molar-refractivity contribution in [1.82, 2.24) is 20.0 Å². The Hall–Kier alpha value is -3.06. The van der Waals surface area contributed by atoms with Crippen molar-refractivity contribution in [3.63, 3.8) is 0 Å². The topological polar surface area (TPSA) is 62.5 Å². The van der Waals surface area contributed by atoms with Gasteiger partial charge >= 0.3 is 0 Å². The van der Waals surface area contributed by atoms with Gasteiger partial charge in [0.15, 0.2) is 0 Å².